The third-order valence-electron chi connectivity index (χ3n) is 2.12. The lowest BCUT2D eigenvalue weighted by atomic mass is 10.1. The molecule has 5 heteroatoms. The molecule has 1 aromatic carbocycles. The fourth-order valence-electron chi connectivity index (χ4n) is 1.33. The van der Waals surface area contributed by atoms with Crippen LogP contribution in [0, 0.1) is 22.7 Å². The predicted molar refractivity (Wildman–Crippen MR) is 68.4 cm³/mol. The molecule has 0 N–H and O–H groups in total. The highest BCUT2D eigenvalue weighted by Crippen LogP contribution is 2.34. The van der Waals surface area contributed by atoms with E-state index in [0.717, 1.165) is 0 Å². The van der Waals surface area contributed by atoms with Gasteiger partial charge in [0.05, 0.1) is 18.7 Å². The van der Waals surface area contributed by atoms with Gasteiger partial charge in [-0.1, -0.05) is 11.6 Å². The lowest BCUT2D eigenvalue weighted by Crippen LogP contribution is -1.96. The van der Waals surface area contributed by atoms with E-state index in [1.807, 2.05) is 6.92 Å². The van der Waals surface area contributed by atoms with Crippen molar-refractivity contribution >= 4 is 17.7 Å². The molecule has 4 nitrogen and oxygen atoms in total. The molecule has 0 saturated heterocycles. The molecule has 0 radical (unpaired) electrons. The Hall–Kier alpha value is -2.17. The molecule has 1 rings (SSSR count). The highest BCUT2D eigenvalue weighted by molar-refractivity contribution is 6.32. The van der Waals surface area contributed by atoms with Gasteiger partial charge < -0.3 is 9.47 Å². The topological polar surface area (TPSA) is 66.0 Å². The van der Waals surface area contributed by atoms with Crippen LogP contribution < -0.4 is 9.47 Å². The van der Waals surface area contributed by atoms with E-state index in [9.17, 15) is 0 Å². The minimum absolute atomic E-state index is 0.0249. The maximum absolute atomic E-state index is 8.70. The third kappa shape index (κ3) is 3.16. The molecule has 0 amide bonds. The maximum Gasteiger partial charge on any atom is 0.162 e. The SMILES string of the molecule is CCOc1cc(Cl)c(C=C(C#N)C#N)cc1OC. The second-order valence-corrected chi connectivity index (χ2v) is 3.65. The van der Waals surface area contributed by atoms with Crippen molar-refractivity contribution in [1.82, 2.24) is 0 Å². The van der Waals surface area contributed by atoms with E-state index in [1.54, 1.807) is 24.3 Å². The summed E-state index contributed by atoms with van der Waals surface area (Å²) in [5.41, 5.74) is 0.512. The average molecular weight is 263 g/mol. The zero-order valence-corrected chi connectivity index (χ0v) is 10.8. The maximum atomic E-state index is 8.70. The van der Waals surface area contributed by atoms with Crippen molar-refractivity contribution in [2.75, 3.05) is 13.7 Å². The van der Waals surface area contributed by atoms with Crippen molar-refractivity contribution in [3.05, 3.63) is 28.3 Å². The Kier molecular flexibility index (Phi) is 5.05. The third-order valence-corrected chi connectivity index (χ3v) is 2.45. The summed E-state index contributed by atoms with van der Waals surface area (Å²) < 4.78 is 10.5. The van der Waals surface area contributed by atoms with Crippen molar-refractivity contribution < 1.29 is 9.47 Å². The van der Waals surface area contributed by atoms with Crippen LogP contribution in [0.25, 0.3) is 6.08 Å². The van der Waals surface area contributed by atoms with Gasteiger partial charge in [-0.25, -0.2) is 0 Å². The molecule has 0 saturated carbocycles. The summed E-state index contributed by atoms with van der Waals surface area (Å²) >= 11 is 6.05. The monoisotopic (exact) mass is 262 g/mol. The number of benzene rings is 1. The Balaban J connectivity index is 3.29. The molecular weight excluding hydrogens is 252 g/mol. The molecule has 0 aliphatic carbocycles. The second kappa shape index (κ2) is 6.54. The molecule has 92 valence electrons. The van der Waals surface area contributed by atoms with Crippen LogP contribution in [0.1, 0.15) is 12.5 Å². The van der Waals surface area contributed by atoms with E-state index in [2.05, 4.69) is 0 Å². The van der Waals surface area contributed by atoms with Crippen LogP contribution in [0.4, 0.5) is 0 Å². The first-order chi connectivity index (χ1) is 8.65. The van der Waals surface area contributed by atoms with E-state index in [1.165, 1.54) is 13.2 Å². The van der Waals surface area contributed by atoms with Crippen LogP contribution in [0.5, 0.6) is 11.5 Å². The molecule has 0 fully saturated rings. The van der Waals surface area contributed by atoms with Crippen LogP contribution in [0.2, 0.25) is 5.02 Å². The van der Waals surface area contributed by atoms with Gasteiger partial charge in [0.1, 0.15) is 17.7 Å². The van der Waals surface area contributed by atoms with Crippen molar-refractivity contribution in [3.8, 4) is 23.6 Å². The Morgan fingerprint density at radius 3 is 2.50 bits per heavy atom. The number of nitrogens with zero attached hydrogens (tertiary/aromatic N) is 2. The van der Waals surface area contributed by atoms with Gasteiger partial charge in [-0.2, -0.15) is 10.5 Å². The van der Waals surface area contributed by atoms with Gasteiger partial charge in [0, 0.05) is 6.07 Å². The van der Waals surface area contributed by atoms with E-state index < -0.39 is 0 Å². The fourth-order valence-corrected chi connectivity index (χ4v) is 1.54. The zero-order valence-electron chi connectivity index (χ0n) is 10.0. The lowest BCUT2D eigenvalue weighted by Gasteiger charge is -2.11. The largest absolute Gasteiger partial charge is 0.493 e. The van der Waals surface area contributed by atoms with Crippen LogP contribution >= 0.6 is 11.6 Å². The van der Waals surface area contributed by atoms with Crippen LogP contribution in [-0.4, -0.2) is 13.7 Å². The second-order valence-electron chi connectivity index (χ2n) is 3.24. The molecular formula is C13H11ClN2O2. The number of hydrogen-bond acceptors (Lipinski definition) is 4. The quantitative estimate of drug-likeness (QED) is 0.782. The van der Waals surface area contributed by atoms with Crippen molar-refractivity contribution in [1.29, 1.82) is 10.5 Å². The highest BCUT2D eigenvalue weighted by Gasteiger charge is 2.09. The fraction of sp³-hybridized carbons (Fsp3) is 0.231. The number of hydrogen-bond donors (Lipinski definition) is 0. The molecule has 0 aliphatic rings. The Labute approximate surface area is 111 Å². The molecule has 0 spiro atoms. The molecule has 0 atom stereocenters. The summed E-state index contributed by atoms with van der Waals surface area (Å²) in [5.74, 6) is 1.03. The van der Waals surface area contributed by atoms with Gasteiger partial charge in [-0.3, -0.25) is 0 Å². The first-order valence-electron chi connectivity index (χ1n) is 5.18. The number of rotatable bonds is 4. The zero-order chi connectivity index (χ0) is 13.5. The molecule has 0 unspecified atom stereocenters. The average Bonchev–Trinajstić information content (AvgIpc) is 2.38. The van der Waals surface area contributed by atoms with Crippen LogP contribution in [0.15, 0.2) is 17.7 Å². The van der Waals surface area contributed by atoms with E-state index >= 15 is 0 Å². The minimum atomic E-state index is -0.0249. The highest BCUT2D eigenvalue weighted by atomic mass is 35.5. The molecule has 0 bridgehead atoms. The minimum Gasteiger partial charge on any atom is -0.493 e. The number of ether oxygens (including phenoxy) is 2. The number of methoxy groups -OCH3 is 1. The summed E-state index contributed by atoms with van der Waals surface area (Å²) in [6.07, 6.45) is 1.40. The van der Waals surface area contributed by atoms with Gasteiger partial charge in [0.25, 0.3) is 0 Å². The molecule has 1 aromatic rings. The van der Waals surface area contributed by atoms with Gasteiger partial charge in [-0.05, 0) is 24.6 Å². The number of nitriles is 2. The number of halogens is 1. The van der Waals surface area contributed by atoms with Gasteiger partial charge in [0.15, 0.2) is 11.5 Å². The standard InChI is InChI=1S/C13H11ClN2O2/c1-3-18-13-6-11(14)10(5-12(13)17-2)4-9(7-15)8-16/h4-6H,3H2,1-2H3. The first-order valence-corrected chi connectivity index (χ1v) is 5.56. The van der Waals surface area contributed by atoms with Crippen molar-refractivity contribution in [2.24, 2.45) is 0 Å². The lowest BCUT2D eigenvalue weighted by molar-refractivity contribution is 0.311. The normalized spacial score (nSPS) is 8.94. The van der Waals surface area contributed by atoms with Crippen molar-refractivity contribution in [2.45, 2.75) is 6.92 Å². The molecule has 0 heterocycles. The van der Waals surface area contributed by atoms with E-state index in [4.69, 9.17) is 31.6 Å². The van der Waals surface area contributed by atoms with E-state index in [-0.39, 0.29) is 5.57 Å². The summed E-state index contributed by atoms with van der Waals surface area (Å²) in [4.78, 5) is 0. The Morgan fingerprint density at radius 2 is 2.00 bits per heavy atom. The Bertz CT molecular complexity index is 537. The summed E-state index contributed by atoms with van der Waals surface area (Å²) in [5, 5.41) is 17.8. The molecule has 0 aromatic heterocycles. The molecule has 0 aliphatic heterocycles. The van der Waals surface area contributed by atoms with Gasteiger partial charge in [-0.15, -0.1) is 0 Å². The smallest absolute Gasteiger partial charge is 0.162 e. The summed E-state index contributed by atoms with van der Waals surface area (Å²) in [6, 6.07) is 6.77. The van der Waals surface area contributed by atoms with Gasteiger partial charge in [0.2, 0.25) is 0 Å². The summed E-state index contributed by atoms with van der Waals surface area (Å²) in [6.45, 7) is 2.34. The van der Waals surface area contributed by atoms with Gasteiger partial charge >= 0.3 is 0 Å². The van der Waals surface area contributed by atoms with Crippen LogP contribution in [0.3, 0.4) is 0 Å². The predicted octanol–water partition coefficient (Wildman–Crippen LogP) is 3.18. The Morgan fingerprint density at radius 1 is 1.33 bits per heavy atom. The van der Waals surface area contributed by atoms with E-state index in [0.29, 0.717) is 28.7 Å². The first kappa shape index (κ1) is 13.9. The van der Waals surface area contributed by atoms with Crippen molar-refractivity contribution in [3.63, 3.8) is 0 Å². The van der Waals surface area contributed by atoms with Crippen LogP contribution in [-0.2, 0) is 0 Å². The summed E-state index contributed by atoms with van der Waals surface area (Å²) in [7, 11) is 1.51. The molecule has 18 heavy (non-hydrogen) atoms. The number of allylic oxidation sites excluding steroid dienone is 1.